The molecule has 2 fully saturated rings. The van der Waals surface area contributed by atoms with Gasteiger partial charge in [-0.3, -0.25) is 0 Å². The first-order valence-electron chi connectivity index (χ1n) is 7.96. The van der Waals surface area contributed by atoms with Gasteiger partial charge in [0.2, 0.25) is 0 Å². The largest absolute Gasteiger partial charge is 0.393 e. The zero-order valence-electron chi connectivity index (χ0n) is 11.8. The molecular weight excluding hydrogens is 224 g/mol. The Hall–Kier alpha value is -0.120. The summed E-state index contributed by atoms with van der Waals surface area (Å²) in [5, 5.41) is 17.0. The smallest absolute Gasteiger partial charge is 0.0549 e. The van der Waals surface area contributed by atoms with Gasteiger partial charge in [0, 0.05) is 12.1 Å². The molecule has 0 aromatic carbocycles. The summed E-state index contributed by atoms with van der Waals surface area (Å²) in [6, 6.07) is 1.43. The molecule has 1 saturated heterocycles. The van der Waals surface area contributed by atoms with Crippen molar-refractivity contribution in [2.45, 2.75) is 76.5 Å². The third-order valence-corrected chi connectivity index (χ3v) is 4.79. The molecule has 0 aromatic heterocycles. The van der Waals surface area contributed by atoms with Crippen LogP contribution >= 0.6 is 0 Å². The third kappa shape index (κ3) is 3.94. The van der Waals surface area contributed by atoms with Gasteiger partial charge in [-0.2, -0.15) is 0 Å². The van der Waals surface area contributed by atoms with Crippen molar-refractivity contribution < 1.29 is 5.11 Å². The van der Waals surface area contributed by atoms with Crippen molar-refractivity contribution in [2.24, 2.45) is 5.92 Å². The van der Waals surface area contributed by atoms with Crippen LogP contribution in [0.25, 0.3) is 0 Å². The van der Waals surface area contributed by atoms with E-state index in [0.29, 0.717) is 6.04 Å². The van der Waals surface area contributed by atoms with Gasteiger partial charge in [0.05, 0.1) is 6.10 Å². The number of nitrogens with one attached hydrogen (secondary N) is 2. The van der Waals surface area contributed by atoms with Gasteiger partial charge in [0.15, 0.2) is 0 Å². The maximum absolute atomic E-state index is 9.59. The number of hydrogen-bond donors (Lipinski definition) is 3. The van der Waals surface area contributed by atoms with Gasteiger partial charge in [0.25, 0.3) is 0 Å². The predicted octanol–water partition coefficient (Wildman–Crippen LogP) is 2.05. The van der Waals surface area contributed by atoms with E-state index >= 15 is 0 Å². The van der Waals surface area contributed by atoms with E-state index < -0.39 is 0 Å². The number of aliphatic hydroxyl groups is 1. The van der Waals surface area contributed by atoms with Crippen LogP contribution in [-0.4, -0.2) is 36.4 Å². The first kappa shape index (κ1) is 14.3. The van der Waals surface area contributed by atoms with Crippen LogP contribution in [0.2, 0.25) is 0 Å². The minimum absolute atomic E-state index is 0.120. The molecule has 3 nitrogen and oxygen atoms in total. The molecule has 0 spiro atoms. The Balaban J connectivity index is 1.72. The van der Waals surface area contributed by atoms with E-state index in [2.05, 4.69) is 17.6 Å². The molecule has 2 aliphatic rings. The van der Waals surface area contributed by atoms with Gasteiger partial charge in [-0.25, -0.2) is 0 Å². The topological polar surface area (TPSA) is 44.3 Å². The van der Waals surface area contributed by atoms with Crippen LogP contribution < -0.4 is 10.6 Å². The highest BCUT2D eigenvalue weighted by Crippen LogP contribution is 2.31. The number of aliphatic hydroxyl groups excluding tert-OH is 1. The quantitative estimate of drug-likeness (QED) is 0.680. The molecule has 1 heterocycles. The Bertz CT molecular complexity index is 229. The first-order chi connectivity index (χ1) is 8.81. The van der Waals surface area contributed by atoms with Gasteiger partial charge >= 0.3 is 0 Å². The van der Waals surface area contributed by atoms with Crippen molar-refractivity contribution in [1.29, 1.82) is 0 Å². The highest BCUT2D eigenvalue weighted by atomic mass is 16.3. The highest BCUT2D eigenvalue weighted by Gasteiger charge is 2.33. The molecule has 0 aromatic rings. The molecule has 18 heavy (non-hydrogen) atoms. The lowest BCUT2D eigenvalue weighted by atomic mass is 9.88. The van der Waals surface area contributed by atoms with Gasteiger partial charge in [0.1, 0.15) is 0 Å². The molecule has 0 radical (unpaired) electrons. The fourth-order valence-electron chi connectivity index (χ4n) is 3.61. The van der Waals surface area contributed by atoms with Crippen LogP contribution in [0.5, 0.6) is 0 Å². The average molecular weight is 254 g/mol. The normalized spacial score (nSPS) is 34.7. The van der Waals surface area contributed by atoms with Crippen LogP contribution in [0.3, 0.4) is 0 Å². The van der Waals surface area contributed by atoms with Crippen molar-refractivity contribution in [1.82, 2.24) is 10.6 Å². The second kappa shape index (κ2) is 7.46. The summed E-state index contributed by atoms with van der Waals surface area (Å²) in [5.74, 6) is 0.823. The van der Waals surface area contributed by atoms with Crippen LogP contribution in [0.15, 0.2) is 0 Å². The van der Waals surface area contributed by atoms with E-state index in [1.165, 1.54) is 45.1 Å². The average Bonchev–Trinajstić information content (AvgIpc) is 2.88. The summed E-state index contributed by atoms with van der Waals surface area (Å²) < 4.78 is 0. The zero-order valence-corrected chi connectivity index (χ0v) is 11.8. The van der Waals surface area contributed by atoms with Crippen molar-refractivity contribution in [3.05, 3.63) is 0 Å². The lowest BCUT2D eigenvalue weighted by molar-refractivity contribution is 0.156. The van der Waals surface area contributed by atoms with Crippen LogP contribution in [0.4, 0.5) is 0 Å². The molecule has 1 aliphatic carbocycles. The predicted molar refractivity (Wildman–Crippen MR) is 75.7 cm³/mol. The Morgan fingerprint density at radius 3 is 2.83 bits per heavy atom. The van der Waals surface area contributed by atoms with Crippen LogP contribution in [0.1, 0.15) is 58.3 Å². The maximum Gasteiger partial charge on any atom is 0.0549 e. The molecule has 1 saturated carbocycles. The number of hydrogen-bond acceptors (Lipinski definition) is 3. The monoisotopic (exact) mass is 254 g/mol. The minimum atomic E-state index is -0.120. The summed E-state index contributed by atoms with van der Waals surface area (Å²) in [4.78, 5) is 0. The molecular formula is C15H30N2O. The van der Waals surface area contributed by atoms with Gasteiger partial charge in [-0.15, -0.1) is 0 Å². The second-order valence-electron chi connectivity index (χ2n) is 6.06. The Kier molecular flexibility index (Phi) is 5.93. The summed E-state index contributed by atoms with van der Waals surface area (Å²) in [5.41, 5.74) is 0. The molecule has 106 valence electrons. The number of rotatable bonds is 6. The molecule has 3 heteroatoms. The standard InChI is InChI=1S/C15H30N2O/c1-2-12(18)9-11-17-15-8-5-6-13(15)14-7-3-4-10-16-14/h12-18H,2-11H2,1H3. The van der Waals surface area contributed by atoms with Crippen molar-refractivity contribution >= 4 is 0 Å². The third-order valence-electron chi connectivity index (χ3n) is 4.79. The van der Waals surface area contributed by atoms with Crippen molar-refractivity contribution in [3.63, 3.8) is 0 Å². The zero-order chi connectivity index (χ0) is 12.8. The summed E-state index contributed by atoms with van der Waals surface area (Å²) >= 11 is 0. The lowest BCUT2D eigenvalue weighted by Gasteiger charge is -2.33. The molecule has 2 rings (SSSR count). The maximum atomic E-state index is 9.59. The van der Waals surface area contributed by atoms with Crippen molar-refractivity contribution in [3.8, 4) is 0 Å². The van der Waals surface area contributed by atoms with E-state index in [9.17, 15) is 5.11 Å². The summed E-state index contributed by atoms with van der Waals surface area (Å²) in [7, 11) is 0. The van der Waals surface area contributed by atoms with E-state index in [0.717, 1.165) is 31.3 Å². The first-order valence-corrected chi connectivity index (χ1v) is 7.96. The fourth-order valence-corrected chi connectivity index (χ4v) is 3.61. The molecule has 3 N–H and O–H groups in total. The van der Waals surface area contributed by atoms with Gasteiger partial charge in [-0.05, 0) is 57.5 Å². The second-order valence-corrected chi connectivity index (χ2v) is 6.06. The van der Waals surface area contributed by atoms with Gasteiger partial charge in [-0.1, -0.05) is 19.8 Å². The van der Waals surface area contributed by atoms with E-state index in [1.54, 1.807) is 0 Å². The van der Waals surface area contributed by atoms with Crippen LogP contribution in [0, 0.1) is 5.92 Å². The summed E-state index contributed by atoms with van der Waals surface area (Å²) in [6.45, 7) is 4.24. The van der Waals surface area contributed by atoms with E-state index in [1.807, 2.05) is 0 Å². The molecule has 0 bridgehead atoms. The van der Waals surface area contributed by atoms with E-state index in [-0.39, 0.29) is 6.10 Å². The van der Waals surface area contributed by atoms with E-state index in [4.69, 9.17) is 0 Å². The lowest BCUT2D eigenvalue weighted by Crippen LogP contribution is -2.47. The van der Waals surface area contributed by atoms with Crippen LogP contribution in [-0.2, 0) is 0 Å². The molecule has 1 aliphatic heterocycles. The molecule has 4 atom stereocenters. The Labute approximate surface area is 112 Å². The molecule has 4 unspecified atom stereocenters. The Morgan fingerprint density at radius 2 is 2.11 bits per heavy atom. The Morgan fingerprint density at radius 1 is 1.22 bits per heavy atom. The summed E-state index contributed by atoms with van der Waals surface area (Å²) in [6.07, 6.45) is 9.84. The fraction of sp³-hybridized carbons (Fsp3) is 1.00. The highest BCUT2D eigenvalue weighted by molar-refractivity contribution is 4.92. The van der Waals surface area contributed by atoms with Gasteiger partial charge < -0.3 is 15.7 Å². The minimum Gasteiger partial charge on any atom is -0.393 e. The molecule has 0 amide bonds. The number of piperidine rings is 1. The SMILES string of the molecule is CCC(O)CCNC1CCCC1C1CCCCN1. The van der Waals surface area contributed by atoms with Crippen molar-refractivity contribution in [2.75, 3.05) is 13.1 Å².